The first-order chi connectivity index (χ1) is 30.5. The third-order valence-electron chi connectivity index (χ3n) is 12.2. The maximum absolute atomic E-state index is 12.7. The summed E-state index contributed by atoms with van der Waals surface area (Å²) in [6.45, 7) is 6.58. The Hall–Kier alpha value is -2.11. The van der Waals surface area contributed by atoms with Crippen molar-refractivity contribution in [3.63, 3.8) is 0 Å². The minimum absolute atomic E-state index is 0.0717. The van der Waals surface area contributed by atoms with E-state index in [-0.39, 0.29) is 31.1 Å². The molecule has 0 heterocycles. The molecule has 6 nitrogen and oxygen atoms in total. The zero-order chi connectivity index (χ0) is 45.1. The summed E-state index contributed by atoms with van der Waals surface area (Å²) in [5.74, 6) is -0.879. The zero-order valence-electron chi connectivity index (χ0n) is 41.7. The molecule has 1 atom stereocenters. The first kappa shape index (κ1) is 59.9. The number of rotatable bonds is 50. The average molecular weight is 873 g/mol. The molecule has 0 aromatic rings. The van der Waals surface area contributed by atoms with E-state index < -0.39 is 6.10 Å². The van der Waals surface area contributed by atoms with E-state index in [0.29, 0.717) is 19.3 Å². The van der Waals surface area contributed by atoms with Crippen LogP contribution in [0.25, 0.3) is 0 Å². The lowest BCUT2D eigenvalue weighted by Gasteiger charge is -2.18. The zero-order valence-corrected chi connectivity index (χ0v) is 41.7. The number of carbonyl (C=O) groups is 3. The van der Waals surface area contributed by atoms with Gasteiger partial charge in [-0.15, -0.1) is 0 Å². The molecular formula is C56H104O6. The second-order valence-corrected chi connectivity index (χ2v) is 18.5. The molecule has 62 heavy (non-hydrogen) atoms. The van der Waals surface area contributed by atoms with Crippen molar-refractivity contribution < 1.29 is 28.6 Å². The molecule has 0 spiro atoms. The molecule has 0 aliphatic carbocycles. The molecule has 0 saturated heterocycles. The normalized spacial score (nSPS) is 12.1. The van der Waals surface area contributed by atoms with Gasteiger partial charge in [-0.2, -0.15) is 0 Å². The highest BCUT2D eigenvalue weighted by Gasteiger charge is 2.19. The summed E-state index contributed by atoms with van der Waals surface area (Å²) >= 11 is 0. The van der Waals surface area contributed by atoms with Crippen molar-refractivity contribution in [1.29, 1.82) is 0 Å². The van der Waals surface area contributed by atoms with Gasteiger partial charge in [-0.25, -0.2) is 0 Å². The highest BCUT2D eigenvalue weighted by atomic mass is 16.6. The van der Waals surface area contributed by atoms with Crippen LogP contribution in [0.4, 0.5) is 0 Å². The molecule has 0 aromatic heterocycles. The largest absolute Gasteiger partial charge is 0.462 e. The minimum Gasteiger partial charge on any atom is -0.462 e. The van der Waals surface area contributed by atoms with Crippen LogP contribution in [-0.2, 0) is 28.6 Å². The van der Waals surface area contributed by atoms with Gasteiger partial charge >= 0.3 is 17.9 Å². The van der Waals surface area contributed by atoms with Gasteiger partial charge in [0.25, 0.3) is 0 Å². The Balaban J connectivity index is 4.05. The van der Waals surface area contributed by atoms with E-state index >= 15 is 0 Å². The van der Waals surface area contributed by atoms with Crippen molar-refractivity contribution in [1.82, 2.24) is 0 Å². The van der Waals surface area contributed by atoms with Crippen LogP contribution in [0.3, 0.4) is 0 Å². The summed E-state index contributed by atoms with van der Waals surface area (Å²) in [6.07, 6.45) is 59.2. The van der Waals surface area contributed by atoms with Crippen molar-refractivity contribution in [3.8, 4) is 0 Å². The Morgan fingerprint density at radius 3 is 0.823 bits per heavy atom. The number of unbranched alkanes of at least 4 members (excludes halogenated alkanes) is 35. The Labute approximate surface area is 385 Å². The van der Waals surface area contributed by atoms with Crippen LogP contribution in [-0.4, -0.2) is 37.2 Å². The quantitative estimate of drug-likeness (QED) is 0.0262. The van der Waals surface area contributed by atoms with Gasteiger partial charge in [-0.1, -0.05) is 231 Å². The second-order valence-electron chi connectivity index (χ2n) is 18.5. The maximum Gasteiger partial charge on any atom is 0.306 e. The van der Waals surface area contributed by atoms with Crippen LogP contribution in [0.15, 0.2) is 24.3 Å². The SMILES string of the molecule is CCCCCC/C=C\CCCCCCCC(=O)OC(COC(=O)CCCCCCCC)COC(=O)CCCCCCCCCCCCCCC/C=C\CCCCCCCCCC. The fourth-order valence-electron chi connectivity index (χ4n) is 8.02. The van der Waals surface area contributed by atoms with Gasteiger partial charge < -0.3 is 14.2 Å². The van der Waals surface area contributed by atoms with Crippen LogP contribution in [0.1, 0.15) is 297 Å². The molecule has 0 aromatic carbocycles. The fraction of sp³-hybridized carbons (Fsp3) is 0.875. The highest BCUT2D eigenvalue weighted by Crippen LogP contribution is 2.16. The Morgan fingerprint density at radius 2 is 0.532 bits per heavy atom. The van der Waals surface area contributed by atoms with Crippen LogP contribution in [0.2, 0.25) is 0 Å². The molecule has 0 amide bonds. The van der Waals surface area contributed by atoms with Crippen molar-refractivity contribution in [2.75, 3.05) is 13.2 Å². The summed E-state index contributed by atoms with van der Waals surface area (Å²) in [7, 11) is 0. The number of hydrogen-bond acceptors (Lipinski definition) is 6. The lowest BCUT2D eigenvalue weighted by molar-refractivity contribution is -0.167. The lowest BCUT2D eigenvalue weighted by Crippen LogP contribution is -2.30. The molecule has 0 rings (SSSR count). The minimum atomic E-state index is -0.768. The predicted molar refractivity (Wildman–Crippen MR) is 266 cm³/mol. The molecule has 0 radical (unpaired) electrons. The second kappa shape index (κ2) is 51.5. The first-order valence-corrected chi connectivity index (χ1v) is 27.3. The monoisotopic (exact) mass is 873 g/mol. The van der Waals surface area contributed by atoms with E-state index in [0.717, 1.165) is 64.2 Å². The summed E-state index contributed by atoms with van der Waals surface area (Å²) in [6, 6.07) is 0. The number of ether oxygens (including phenoxy) is 3. The molecule has 1 unspecified atom stereocenters. The standard InChI is InChI=1S/C56H104O6/c1-4-7-10-13-16-18-20-22-23-24-25-26-27-28-29-30-31-32-33-35-36-38-40-43-46-49-55(58)61-52-53(51-60-54(57)48-45-42-15-12-9-6-3)62-56(59)50-47-44-41-39-37-34-21-19-17-14-11-8-5-2/h19,21,24-25,53H,4-18,20,22-23,26-52H2,1-3H3/b21-19-,25-24-. The van der Waals surface area contributed by atoms with Crippen molar-refractivity contribution in [3.05, 3.63) is 24.3 Å². The molecule has 0 saturated carbocycles. The third kappa shape index (κ3) is 48.9. The number of carbonyl (C=O) groups excluding carboxylic acids is 3. The molecule has 364 valence electrons. The fourth-order valence-corrected chi connectivity index (χ4v) is 8.02. The molecule has 6 heteroatoms. The number of esters is 3. The first-order valence-electron chi connectivity index (χ1n) is 27.3. The van der Waals surface area contributed by atoms with E-state index in [4.69, 9.17) is 14.2 Å². The third-order valence-corrected chi connectivity index (χ3v) is 12.2. The molecule has 0 fully saturated rings. The van der Waals surface area contributed by atoms with E-state index in [9.17, 15) is 14.4 Å². The summed E-state index contributed by atoms with van der Waals surface area (Å²) in [5.41, 5.74) is 0. The van der Waals surface area contributed by atoms with Crippen LogP contribution < -0.4 is 0 Å². The van der Waals surface area contributed by atoms with E-state index in [1.807, 2.05) is 0 Å². The van der Waals surface area contributed by atoms with E-state index in [1.54, 1.807) is 0 Å². The molecule has 0 bridgehead atoms. The van der Waals surface area contributed by atoms with Crippen LogP contribution in [0.5, 0.6) is 0 Å². The smallest absolute Gasteiger partial charge is 0.306 e. The maximum atomic E-state index is 12.7. The van der Waals surface area contributed by atoms with Gasteiger partial charge in [0, 0.05) is 19.3 Å². The summed E-state index contributed by atoms with van der Waals surface area (Å²) in [5, 5.41) is 0. The van der Waals surface area contributed by atoms with Crippen molar-refractivity contribution in [2.45, 2.75) is 303 Å². The van der Waals surface area contributed by atoms with Gasteiger partial charge in [0.1, 0.15) is 13.2 Å². The van der Waals surface area contributed by atoms with Gasteiger partial charge in [0.15, 0.2) is 6.10 Å². The topological polar surface area (TPSA) is 78.9 Å². The number of allylic oxidation sites excluding steroid dienone is 4. The van der Waals surface area contributed by atoms with Crippen molar-refractivity contribution >= 4 is 17.9 Å². The van der Waals surface area contributed by atoms with Crippen molar-refractivity contribution in [2.24, 2.45) is 0 Å². The summed E-state index contributed by atoms with van der Waals surface area (Å²) < 4.78 is 16.7. The van der Waals surface area contributed by atoms with Crippen LogP contribution in [0, 0.1) is 0 Å². The number of hydrogen-bond donors (Lipinski definition) is 0. The highest BCUT2D eigenvalue weighted by molar-refractivity contribution is 5.71. The molecular weight excluding hydrogens is 769 g/mol. The average Bonchev–Trinajstić information content (AvgIpc) is 3.27. The lowest BCUT2D eigenvalue weighted by atomic mass is 10.0. The molecule has 0 aliphatic rings. The van der Waals surface area contributed by atoms with E-state index in [1.165, 1.54) is 193 Å². The molecule has 0 N–H and O–H groups in total. The van der Waals surface area contributed by atoms with Gasteiger partial charge in [-0.05, 0) is 70.6 Å². The Kier molecular flexibility index (Phi) is 49.8. The predicted octanol–water partition coefficient (Wildman–Crippen LogP) is 17.9. The van der Waals surface area contributed by atoms with E-state index in [2.05, 4.69) is 45.1 Å². The Morgan fingerprint density at radius 1 is 0.306 bits per heavy atom. The van der Waals surface area contributed by atoms with Gasteiger partial charge in [-0.3, -0.25) is 14.4 Å². The van der Waals surface area contributed by atoms with Crippen LogP contribution >= 0.6 is 0 Å². The molecule has 0 aliphatic heterocycles. The summed E-state index contributed by atoms with van der Waals surface area (Å²) in [4.78, 5) is 37.7. The van der Waals surface area contributed by atoms with Gasteiger partial charge in [0.05, 0.1) is 0 Å². The Bertz CT molecular complexity index is 1000. The van der Waals surface area contributed by atoms with Gasteiger partial charge in [0.2, 0.25) is 0 Å².